The van der Waals surface area contributed by atoms with E-state index < -0.39 is 102 Å². The minimum atomic E-state index is -4.99. The van der Waals surface area contributed by atoms with Gasteiger partial charge in [-0.2, -0.15) is 0 Å². The molecule has 0 rings (SSSR count). The maximum atomic E-state index is 13.7. The van der Waals surface area contributed by atoms with Crippen LogP contribution in [0.25, 0.3) is 0 Å². The molecule has 0 aromatic heterocycles. The number of ether oxygens (including phenoxy) is 4. The molecule has 0 aliphatic carbocycles. The van der Waals surface area contributed by atoms with Gasteiger partial charge in [0.1, 0.15) is 12.2 Å². The van der Waals surface area contributed by atoms with E-state index in [0.717, 1.165) is 167 Å². The van der Waals surface area contributed by atoms with Crippen LogP contribution in [0, 0.1) is 0 Å². The van der Waals surface area contributed by atoms with Crippen molar-refractivity contribution < 1.29 is 124 Å². The summed E-state index contributed by atoms with van der Waals surface area (Å²) in [6.07, 6.45) is 51.7. The van der Waals surface area contributed by atoms with E-state index in [1.165, 1.54) is 77.0 Å². The Morgan fingerprint density at radius 3 is 0.956 bits per heavy atom. The fourth-order valence-electron chi connectivity index (χ4n) is 12.8. The summed E-state index contributed by atoms with van der Waals surface area (Å²) >= 11 is 0. The molecule has 0 aliphatic rings. The molecular formula is C86H162N4NaO20P2-. The normalized spacial score (nSPS) is 14.4. The molecule has 0 bridgehead atoms. The number of hydrogen-bond acceptors (Lipinski definition) is 20. The van der Waals surface area contributed by atoms with E-state index in [0.29, 0.717) is 64.2 Å². The third kappa shape index (κ3) is 78.9. The second kappa shape index (κ2) is 81.7. The Labute approximate surface area is 707 Å². The van der Waals surface area contributed by atoms with Crippen molar-refractivity contribution in [2.75, 3.05) is 65.9 Å². The minimum absolute atomic E-state index is 0. The number of carbonyl (C=O) groups excluding carboxylic acids is 6. The van der Waals surface area contributed by atoms with Crippen molar-refractivity contribution >= 4 is 51.2 Å². The van der Waals surface area contributed by atoms with E-state index >= 15 is 0 Å². The average Bonchev–Trinajstić information content (AvgIpc) is 0.914. The first kappa shape index (κ1) is 112. The van der Waals surface area contributed by atoms with Gasteiger partial charge in [-0.25, -0.2) is 0 Å². The Morgan fingerprint density at radius 1 is 0.336 bits per heavy atom. The smallest absolute Gasteiger partial charge is 0.756 e. The van der Waals surface area contributed by atoms with Crippen LogP contribution in [0.2, 0.25) is 0 Å². The zero-order valence-electron chi connectivity index (χ0n) is 72.2. The quantitative estimate of drug-likeness (QED) is 0.0108. The Balaban J connectivity index is 0. The molecule has 8 unspecified atom stereocenters. The van der Waals surface area contributed by atoms with Crippen LogP contribution in [0.4, 0.5) is 0 Å². The number of unbranched alkanes of at least 4 members (excludes halogenated alkanes) is 33. The van der Waals surface area contributed by atoms with E-state index in [9.17, 15) is 57.9 Å². The third-order valence-electron chi connectivity index (χ3n) is 19.6. The minimum Gasteiger partial charge on any atom is -0.756 e. The molecule has 24 nitrogen and oxygen atoms in total. The van der Waals surface area contributed by atoms with Crippen molar-refractivity contribution in [1.29, 1.82) is 0 Å². The van der Waals surface area contributed by atoms with Crippen LogP contribution in [0.15, 0.2) is 24.3 Å². The van der Waals surface area contributed by atoms with Crippen molar-refractivity contribution in [2.24, 2.45) is 0 Å². The number of aliphatic hydroxyl groups is 2. The number of hydrogen-bond donors (Lipinski definition) is 6. The topological polar surface area (TPSA) is 345 Å². The average molecular weight is 1660 g/mol. The molecule has 0 saturated heterocycles. The Bertz CT molecular complexity index is 2260. The van der Waals surface area contributed by atoms with Gasteiger partial charge in [-0.15, -0.1) is 0 Å². The van der Waals surface area contributed by atoms with Gasteiger partial charge in [-0.3, -0.25) is 37.9 Å². The fraction of sp³-hybridized carbons (Fsp3) is 0.884. The number of esters is 2. The number of phosphoric ester groups is 2. The van der Waals surface area contributed by atoms with Gasteiger partial charge in [0.25, 0.3) is 15.6 Å². The molecule has 27 heteroatoms. The number of nitrogens with one attached hydrogen (secondary N) is 4. The maximum Gasteiger partial charge on any atom is 1.00 e. The van der Waals surface area contributed by atoms with E-state index in [1.807, 2.05) is 0 Å². The Morgan fingerprint density at radius 2 is 0.628 bits per heavy atom. The molecule has 0 aromatic carbocycles. The predicted molar refractivity (Wildman–Crippen MR) is 444 cm³/mol. The molecule has 0 saturated carbocycles. The summed E-state index contributed by atoms with van der Waals surface area (Å²) in [4.78, 5) is 105. The van der Waals surface area contributed by atoms with Crippen molar-refractivity contribution in [3.05, 3.63) is 24.3 Å². The van der Waals surface area contributed by atoms with Crippen LogP contribution in [0.5, 0.6) is 0 Å². The molecule has 0 aromatic rings. The largest absolute Gasteiger partial charge is 1.00 e. The molecule has 0 radical (unpaired) electrons. The van der Waals surface area contributed by atoms with Crippen LogP contribution in [-0.4, -0.2) is 148 Å². The molecule has 0 aliphatic heterocycles. The summed E-state index contributed by atoms with van der Waals surface area (Å²) in [6, 6.07) is -1.93. The van der Waals surface area contributed by atoms with Gasteiger partial charge < -0.3 is 78.3 Å². The van der Waals surface area contributed by atoms with Crippen molar-refractivity contribution in [2.45, 2.75) is 425 Å². The first-order chi connectivity index (χ1) is 54.2. The second-order valence-electron chi connectivity index (χ2n) is 30.6. The summed E-state index contributed by atoms with van der Waals surface area (Å²) in [5.74, 6) is -2.55. The number of aliphatic hydroxyl groups excluding tert-OH is 2. The summed E-state index contributed by atoms with van der Waals surface area (Å²) in [6.45, 7) is 10.6. The van der Waals surface area contributed by atoms with Crippen molar-refractivity contribution in [3.63, 3.8) is 0 Å². The molecular weight excluding hydrogens is 1490 g/mol. The van der Waals surface area contributed by atoms with Gasteiger partial charge in [-0.05, 0) is 116 Å². The monoisotopic (exact) mass is 1660 g/mol. The van der Waals surface area contributed by atoms with E-state index in [1.54, 1.807) is 0 Å². The maximum absolute atomic E-state index is 13.7. The first-order valence-electron chi connectivity index (χ1n) is 44.7. The molecule has 0 spiro atoms. The van der Waals surface area contributed by atoms with Crippen molar-refractivity contribution in [1.82, 2.24) is 21.3 Å². The number of phosphoric acid groups is 2. The molecule has 4 amide bonds. The number of carbonyl (C=O) groups is 6. The van der Waals surface area contributed by atoms with Crippen LogP contribution < -0.4 is 60.6 Å². The van der Waals surface area contributed by atoms with Crippen molar-refractivity contribution in [3.8, 4) is 0 Å². The zero-order valence-corrected chi connectivity index (χ0v) is 76.0. The van der Waals surface area contributed by atoms with Crippen LogP contribution in [0.3, 0.4) is 0 Å². The molecule has 0 fully saturated rings. The second-order valence-corrected chi connectivity index (χ2v) is 33.4. The van der Waals surface area contributed by atoms with E-state index in [2.05, 4.69) is 87.1 Å². The summed E-state index contributed by atoms with van der Waals surface area (Å²) in [5, 5.41) is 32.0. The van der Waals surface area contributed by atoms with Gasteiger partial charge in [0.05, 0.1) is 76.8 Å². The molecule has 113 heavy (non-hydrogen) atoms. The summed E-state index contributed by atoms with van der Waals surface area (Å²) < 4.78 is 70.3. The van der Waals surface area contributed by atoms with Gasteiger partial charge in [-0.1, -0.05) is 258 Å². The van der Waals surface area contributed by atoms with Crippen LogP contribution >= 0.6 is 15.6 Å². The van der Waals surface area contributed by atoms with Crippen LogP contribution in [0.1, 0.15) is 388 Å². The van der Waals surface area contributed by atoms with Crippen LogP contribution in [-0.2, 0) is 74.9 Å². The van der Waals surface area contributed by atoms with Gasteiger partial charge in [0, 0.05) is 52.0 Å². The van der Waals surface area contributed by atoms with Gasteiger partial charge >= 0.3 is 41.5 Å². The third-order valence-corrected chi connectivity index (χ3v) is 21.5. The Kier molecular flexibility index (Phi) is 81.3. The molecule has 8 atom stereocenters. The van der Waals surface area contributed by atoms with E-state index in [4.69, 9.17) is 37.0 Å². The van der Waals surface area contributed by atoms with E-state index in [-0.39, 0.29) is 120 Å². The number of rotatable bonds is 85. The Hall–Kier alpha value is -2.64. The number of amides is 4. The standard InChI is InChI=1S/C86H164N4O20P2.Na/c1-7-13-19-25-29-33-35-41-47-55-79(109-85(97)59-49-43-37-31-27-21-15-9-3)69-83(95)89-75(71-103-65-61-77(91)53-45-39-23-17-11-5)73-107-111(99,100)105-67-63-87-81(93)57-51-52-58-82(94)88-64-68-106-112(101,102)108-74-76(72-104-66-62-78(92)54-46-40-24-18-12-6)90-84(96)70-80(56-48-42-36-34-30-26-20-14-8-2)110-86(98)60-50-44-38-32-28-22-16-10-4;/h31-32,37-38,75-80,91-92H,7-30,33-36,39-74H2,1-6H3,(H,87,93)(H,88,94)(H,89,95)(H,90,96)(H,99,100)(H,101,102);/q;+1/p-2/b37-31-,38-32-;. The fourth-order valence-corrected chi connectivity index (χ4v) is 14.3. The first-order valence-corrected chi connectivity index (χ1v) is 47.7. The molecule has 0 heterocycles. The SMILES string of the molecule is CCCCC/C=C\CCCC(=O)OC(CCCCCCCCCCC)CC(=O)NC(COCCC(O)CCCCCCC)COP(=O)([O-])OCCNC(=O)CCCCC(=O)NCCOP(=O)([O-])OCC(COCCC(O)CCCCCCC)NC(=O)CC(CCCCCCCCCCC)OC(=O)CCC/C=C\CCCCC.[Na+]. The zero-order chi connectivity index (χ0) is 82.5. The predicted octanol–water partition coefficient (Wildman–Crippen LogP) is 15.1. The summed E-state index contributed by atoms with van der Waals surface area (Å²) in [7, 11) is -9.97. The molecule has 6 N–H and O–H groups in total. The van der Waals surface area contributed by atoms with Gasteiger partial charge in [0.15, 0.2) is 0 Å². The summed E-state index contributed by atoms with van der Waals surface area (Å²) in [5.41, 5.74) is 0. The molecule has 658 valence electrons. The van der Waals surface area contributed by atoms with Gasteiger partial charge in [0.2, 0.25) is 23.6 Å². The number of allylic oxidation sites excluding steroid dienone is 4.